The fourth-order valence-corrected chi connectivity index (χ4v) is 1.12. The molecule has 0 radical (unpaired) electrons. The third-order valence-electron chi connectivity index (χ3n) is 1.93. The van der Waals surface area contributed by atoms with Gasteiger partial charge in [0.25, 0.3) is 0 Å². The standard InChI is InChI=1S/C9H18N4/c1-7(2)9-11-8(12-13-9)5-3-4-6-10/h7H,3-6,10H2,1-2H3,(H,11,12,13). The molecule has 0 amide bonds. The quantitative estimate of drug-likeness (QED) is 0.672. The van der Waals surface area contributed by atoms with Gasteiger partial charge in [-0.3, -0.25) is 5.10 Å². The lowest BCUT2D eigenvalue weighted by Crippen LogP contribution is -1.99. The highest BCUT2D eigenvalue weighted by Gasteiger charge is 2.05. The summed E-state index contributed by atoms with van der Waals surface area (Å²) in [5.74, 6) is 2.29. The van der Waals surface area contributed by atoms with Crippen molar-refractivity contribution in [2.75, 3.05) is 6.54 Å². The second-order valence-electron chi connectivity index (χ2n) is 3.54. The maximum absolute atomic E-state index is 5.40. The lowest BCUT2D eigenvalue weighted by atomic mass is 10.2. The van der Waals surface area contributed by atoms with Crippen LogP contribution >= 0.6 is 0 Å². The van der Waals surface area contributed by atoms with E-state index in [1.807, 2.05) is 0 Å². The molecule has 0 aliphatic carbocycles. The van der Waals surface area contributed by atoms with Gasteiger partial charge >= 0.3 is 0 Å². The van der Waals surface area contributed by atoms with E-state index < -0.39 is 0 Å². The molecule has 0 fully saturated rings. The van der Waals surface area contributed by atoms with Gasteiger partial charge in [0.1, 0.15) is 5.82 Å². The minimum Gasteiger partial charge on any atom is -0.330 e. The maximum Gasteiger partial charge on any atom is 0.153 e. The summed E-state index contributed by atoms with van der Waals surface area (Å²) in [7, 11) is 0. The minimum atomic E-state index is 0.402. The largest absolute Gasteiger partial charge is 0.330 e. The molecule has 0 aliphatic heterocycles. The second kappa shape index (κ2) is 4.97. The van der Waals surface area contributed by atoms with E-state index in [1.165, 1.54) is 0 Å². The number of nitrogens with two attached hydrogens (primary N) is 1. The molecule has 1 aromatic rings. The first-order valence-corrected chi connectivity index (χ1v) is 4.85. The van der Waals surface area contributed by atoms with Gasteiger partial charge in [0.15, 0.2) is 5.82 Å². The third-order valence-corrected chi connectivity index (χ3v) is 1.93. The Labute approximate surface area is 78.9 Å². The summed E-state index contributed by atoms with van der Waals surface area (Å²) >= 11 is 0. The number of nitrogens with zero attached hydrogens (tertiary/aromatic N) is 2. The van der Waals surface area contributed by atoms with Gasteiger partial charge in [0, 0.05) is 12.3 Å². The number of H-pyrrole nitrogens is 1. The Kier molecular flexibility index (Phi) is 3.89. The van der Waals surface area contributed by atoms with Crippen molar-refractivity contribution in [2.24, 2.45) is 5.73 Å². The number of aromatic amines is 1. The van der Waals surface area contributed by atoms with Crippen molar-refractivity contribution in [3.63, 3.8) is 0 Å². The van der Waals surface area contributed by atoms with E-state index in [0.717, 1.165) is 37.5 Å². The summed E-state index contributed by atoms with van der Waals surface area (Å²) in [5.41, 5.74) is 5.40. The third kappa shape index (κ3) is 3.14. The van der Waals surface area contributed by atoms with Crippen LogP contribution in [0.5, 0.6) is 0 Å². The highest BCUT2D eigenvalue weighted by atomic mass is 15.2. The van der Waals surface area contributed by atoms with E-state index in [9.17, 15) is 0 Å². The van der Waals surface area contributed by atoms with Gasteiger partial charge in [-0.15, -0.1) is 0 Å². The van der Waals surface area contributed by atoms with Crippen LogP contribution in [-0.2, 0) is 6.42 Å². The topological polar surface area (TPSA) is 67.6 Å². The molecule has 3 N–H and O–H groups in total. The minimum absolute atomic E-state index is 0.402. The average Bonchev–Trinajstić information content (AvgIpc) is 2.53. The zero-order valence-corrected chi connectivity index (χ0v) is 8.38. The molecule has 74 valence electrons. The van der Waals surface area contributed by atoms with Crippen LogP contribution < -0.4 is 5.73 Å². The number of nitrogens with one attached hydrogen (secondary N) is 1. The van der Waals surface area contributed by atoms with E-state index in [-0.39, 0.29) is 0 Å². The summed E-state index contributed by atoms with van der Waals surface area (Å²) < 4.78 is 0. The van der Waals surface area contributed by atoms with Crippen LogP contribution in [0, 0.1) is 0 Å². The Balaban J connectivity index is 2.40. The van der Waals surface area contributed by atoms with Gasteiger partial charge in [0.2, 0.25) is 0 Å². The van der Waals surface area contributed by atoms with Crippen molar-refractivity contribution < 1.29 is 0 Å². The van der Waals surface area contributed by atoms with Gasteiger partial charge in [-0.25, -0.2) is 4.98 Å². The van der Waals surface area contributed by atoms with Crippen molar-refractivity contribution in [3.05, 3.63) is 11.6 Å². The first-order valence-electron chi connectivity index (χ1n) is 4.85. The Morgan fingerprint density at radius 3 is 2.69 bits per heavy atom. The first kappa shape index (κ1) is 10.2. The lowest BCUT2D eigenvalue weighted by Gasteiger charge is -1.95. The second-order valence-corrected chi connectivity index (χ2v) is 3.54. The molecule has 1 aromatic heterocycles. The number of unbranched alkanes of at least 4 members (excludes halogenated alkanes) is 1. The van der Waals surface area contributed by atoms with Gasteiger partial charge in [-0.2, -0.15) is 5.10 Å². The maximum atomic E-state index is 5.40. The molecular weight excluding hydrogens is 164 g/mol. The molecule has 0 bridgehead atoms. The predicted molar refractivity (Wildman–Crippen MR) is 52.5 cm³/mol. The number of rotatable bonds is 5. The van der Waals surface area contributed by atoms with Gasteiger partial charge in [0.05, 0.1) is 0 Å². The Morgan fingerprint density at radius 1 is 1.38 bits per heavy atom. The zero-order chi connectivity index (χ0) is 9.68. The molecule has 4 heteroatoms. The predicted octanol–water partition coefficient (Wildman–Crippen LogP) is 1.21. The highest BCUT2D eigenvalue weighted by Crippen LogP contribution is 2.08. The molecule has 0 unspecified atom stereocenters. The molecule has 0 saturated carbocycles. The van der Waals surface area contributed by atoms with E-state index in [0.29, 0.717) is 5.92 Å². The summed E-state index contributed by atoms with van der Waals surface area (Å²) in [6.07, 6.45) is 3.10. The van der Waals surface area contributed by atoms with Gasteiger partial charge < -0.3 is 5.73 Å². The molecule has 1 rings (SSSR count). The van der Waals surface area contributed by atoms with Crippen molar-refractivity contribution in [1.82, 2.24) is 15.2 Å². The van der Waals surface area contributed by atoms with Crippen LogP contribution in [-0.4, -0.2) is 21.7 Å². The fourth-order valence-electron chi connectivity index (χ4n) is 1.12. The average molecular weight is 182 g/mol. The Hall–Kier alpha value is -0.900. The van der Waals surface area contributed by atoms with Crippen LogP contribution in [0.4, 0.5) is 0 Å². The van der Waals surface area contributed by atoms with E-state index in [2.05, 4.69) is 29.0 Å². The number of aromatic nitrogens is 3. The summed E-state index contributed by atoms with van der Waals surface area (Å²) in [4.78, 5) is 4.37. The number of hydrogen-bond donors (Lipinski definition) is 2. The zero-order valence-electron chi connectivity index (χ0n) is 8.38. The van der Waals surface area contributed by atoms with Crippen molar-refractivity contribution in [2.45, 2.75) is 39.0 Å². The van der Waals surface area contributed by atoms with E-state index in [1.54, 1.807) is 0 Å². The lowest BCUT2D eigenvalue weighted by molar-refractivity contribution is 0.717. The normalized spacial score (nSPS) is 11.1. The van der Waals surface area contributed by atoms with Crippen LogP contribution in [0.1, 0.15) is 44.3 Å². The Morgan fingerprint density at radius 2 is 2.15 bits per heavy atom. The number of hydrogen-bond acceptors (Lipinski definition) is 3. The molecule has 0 saturated heterocycles. The SMILES string of the molecule is CC(C)c1n[nH]c(CCCCN)n1. The van der Waals surface area contributed by atoms with Gasteiger partial charge in [-0.1, -0.05) is 13.8 Å². The first-order chi connectivity index (χ1) is 6.24. The van der Waals surface area contributed by atoms with Crippen LogP contribution in [0.3, 0.4) is 0 Å². The van der Waals surface area contributed by atoms with E-state index >= 15 is 0 Å². The van der Waals surface area contributed by atoms with Crippen LogP contribution in [0.15, 0.2) is 0 Å². The monoisotopic (exact) mass is 182 g/mol. The molecule has 0 aromatic carbocycles. The molecular formula is C9H18N4. The summed E-state index contributed by atoms with van der Waals surface area (Å²) in [6.45, 7) is 4.94. The van der Waals surface area contributed by atoms with Gasteiger partial charge in [-0.05, 0) is 19.4 Å². The molecule has 1 heterocycles. The highest BCUT2D eigenvalue weighted by molar-refractivity contribution is 4.94. The van der Waals surface area contributed by atoms with Crippen LogP contribution in [0.25, 0.3) is 0 Å². The van der Waals surface area contributed by atoms with Crippen molar-refractivity contribution >= 4 is 0 Å². The summed E-state index contributed by atoms with van der Waals surface area (Å²) in [6, 6.07) is 0. The van der Waals surface area contributed by atoms with E-state index in [4.69, 9.17) is 5.73 Å². The number of aryl methyl sites for hydroxylation is 1. The molecule has 13 heavy (non-hydrogen) atoms. The Bertz CT molecular complexity index is 242. The van der Waals surface area contributed by atoms with Crippen LogP contribution in [0.2, 0.25) is 0 Å². The molecule has 0 atom stereocenters. The smallest absolute Gasteiger partial charge is 0.153 e. The van der Waals surface area contributed by atoms with Crippen molar-refractivity contribution in [3.8, 4) is 0 Å². The van der Waals surface area contributed by atoms with Crippen molar-refractivity contribution in [1.29, 1.82) is 0 Å². The molecule has 0 aliphatic rings. The summed E-state index contributed by atoms with van der Waals surface area (Å²) in [5, 5.41) is 7.07. The molecule has 4 nitrogen and oxygen atoms in total. The molecule has 0 spiro atoms. The fraction of sp³-hybridized carbons (Fsp3) is 0.778.